The van der Waals surface area contributed by atoms with E-state index in [-0.39, 0.29) is 16.6 Å². The minimum absolute atomic E-state index is 0.0552. The molecule has 3 aromatic rings. The van der Waals surface area contributed by atoms with Gasteiger partial charge in [0.05, 0.1) is 10.9 Å². The fraction of sp³-hybridized carbons (Fsp3) is 0.379. The summed E-state index contributed by atoms with van der Waals surface area (Å²) < 4.78 is 43.8. The monoisotopic (exact) mass is 487 g/mol. The van der Waals surface area contributed by atoms with Gasteiger partial charge in [-0.25, -0.2) is 0 Å². The highest BCUT2D eigenvalue weighted by Gasteiger charge is 2.38. The maximum absolute atomic E-state index is 12.9. The van der Waals surface area contributed by atoms with Crippen molar-refractivity contribution in [2.75, 3.05) is 0 Å². The fourth-order valence-electron chi connectivity index (χ4n) is 3.52. The van der Waals surface area contributed by atoms with E-state index in [0.717, 1.165) is 21.6 Å². The Bertz CT molecular complexity index is 1010. The van der Waals surface area contributed by atoms with Crippen molar-refractivity contribution in [3.8, 4) is 5.75 Å². The number of rotatable bonds is 5. The largest absolute Gasteiger partial charge is 0.481 e. The van der Waals surface area contributed by atoms with Crippen molar-refractivity contribution < 1.29 is 17.9 Å². The molecule has 0 fully saturated rings. The SMILES string of the molecule is CC(Oc1ccc([S+](c2ccc(C(C)(C)C)cc2)c2ccc(C(C)(C)C)cc2)cc1)C(F)(F)F. The minimum Gasteiger partial charge on any atom is -0.481 e. The number of benzene rings is 3. The van der Waals surface area contributed by atoms with Crippen LogP contribution in [0.2, 0.25) is 0 Å². The number of ether oxygens (including phenoxy) is 1. The van der Waals surface area contributed by atoms with Gasteiger partial charge in [0.1, 0.15) is 5.75 Å². The van der Waals surface area contributed by atoms with Crippen molar-refractivity contribution in [2.24, 2.45) is 0 Å². The number of alkyl halides is 3. The molecule has 0 heterocycles. The van der Waals surface area contributed by atoms with Gasteiger partial charge in [0.25, 0.3) is 0 Å². The van der Waals surface area contributed by atoms with Crippen LogP contribution >= 0.6 is 0 Å². The van der Waals surface area contributed by atoms with E-state index in [2.05, 4.69) is 90.1 Å². The summed E-state index contributed by atoms with van der Waals surface area (Å²) in [5.74, 6) is 0.211. The lowest BCUT2D eigenvalue weighted by atomic mass is 9.87. The van der Waals surface area contributed by atoms with Gasteiger partial charge in [-0.15, -0.1) is 0 Å². The molecule has 1 nitrogen and oxygen atoms in total. The van der Waals surface area contributed by atoms with Gasteiger partial charge in [-0.05, 0) is 77.4 Å². The van der Waals surface area contributed by atoms with E-state index in [1.165, 1.54) is 11.1 Å². The Balaban J connectivity index is 2.00. The van der Waals surface area contributed by atoms with Gasteiger partial charge >= 0.3 is 6.18 Å². The van der Waals surface area contributed by atoms with Crippen molar-refractivity contribution in [3.05, 3.63) is 83.9 Å². The standard InChI is InChI=1S/C29H34F3OS/c1-20(29(30,31)32)33-23-12-18-26(19-13-23)34(24-14-8-21(9-15-24)27(2,3)4)25-16-10-22(11-17-25)28(5,6)7/h8-20H,1-7H3/q+1. The molecule has 1 unspecified atom stereocenters. The first-order valence-electron chi connectivity index (χ1n) is 11.4. The van der Waals surface area contributed by atoms with Crippen molar-refractivity contribution in [1.82, 2.24) is 0 Å². The zero-order chi connectivity index (χ0) is 25.3. The summed E-state index contributed by atoms with van der Waals surface area (Å²) >= 11 is 0. The van der Waals surface area contributed by atoms with Crippen LogP contribution in [0.25, 0.3) is 0 Å². The molecule has 0 saturated carbocycles. The first-order chi connectivity index (χ1) is 15.7. The summed E-state index contributed by atoms with van der Waals surface area (Å²) in [6, 6.07) is 24.3. The van der Waals surface area contributed by atoms with E-state index in [9.17, 15) is 13.2 Å². The topological polar surface area (TPSA) is 9.23 Å². The molecule has 0 aliphatic rings. The fourth-order valence-corrected chi connectivity index (χ4v) is 5.56. The van der Waals surface area contributed by atoms with Crippen molar-refractivity contribution in [2.45, 2.75) is 86.3 Å². The smallest absolute Gasteiger partial charge is 0.425 e. The van der Waals surface area contributed by atoms with Crippen LogP contribution in [-0.4, -0.2) is 12.3 Å². The highest BCUT2D eigenvalue weighted by molar-refractivity contribution is 7.97. The Morgan fingerprint density at radius 3 is 1.21 bits per heavy atom. The van der Waals surface area contributed by atoms with Crippen LogP contribution in [0.4, 0.5) is 13.2 Å². The summed E-state index contributed by atoms with van der Waals surface area (Å²) in [6.45, 7) is 14.1. The lowest BCUT2D eigenvalue weighted by Crippen LogP contribution is -2.31. The Morgan fingerprint density at radius 2 is 0.912 bits per heavy atom. The molecule has 0 bridgehead atoms. The lowest BCUT2D eigenvalue weighted by Gasteiger charge is -2.20. The Kier molecular flexibility index (Phi) is 7.47. The van der Waals surface area contributed by atoms with Crippen LogP contribution in [0.15, 0.2) is 87.5 Å². The zero-order valence-corrected chi connectivity index (χ0v) is 21.8. The van der Waals surface area contributed by atoms with E-state index in [1.54, 1.807) is 12.1 Å². The summed E-state index contributed by atoms with van der Waals surface area (Å²) in [6.07, 6.45) is -6.25. The van der Waals surface area contributed by atoms with Gasteiger partial charge in [-0.3, -0.25) is 0 Å². The average molecular weight is 488 g/mol. The van der Waals surface area contributed by atoms with Gasteiger partial charge in [-0.2, -0.15) is 13.2 Å². The summed E-state index contributed by atoms with van der Waals surface area (Å²) in [7, 11) is -0.401. The van der Waals surface area contributed by atoms with Gasteiger partial charge in [-0.1, -0.05) is 65.8 Å². The van der Waals surface area contributed by atoms with Gasteiger partial charge in [0, 0.05) is 0 Å². The molecular formula is C29H34F3OS+. The molecule has 0 aromatic heterocycles. The second-order valence-electron chi connectivity index (χ2n) is 10.6. The Morgan fingerprint density at radius 1 is 0.588 bits per heavy atom. The number of hydrogen-bond donors (Lipinski definition) is 0. The third-order valence-corrected chi connectivity index (χ3v) is 7.98. The highest BCUT2D eigenvalue weighted by Crippen LogP contribution is 2.35. The van der Waals surface area contributed by atoms with Gasteiger partial charge in [0.2, 0.25) is 0 Å². The number of hydrogen-bond acceptors (Lipinski definition) is 1. The molecule has 0 radical (unpaired) electrons. The van der Waals surface area contributed by atoms with E-state index in [0.29, 0.717) is 0 Å². The molecule has 3 aromatic carbocycles. The molecule has 5 heteroatoms. The lowest BCUT2D eigenvalue weighted by molar-refractivity contribution is -0.189. The molecule has 0 aliphatic carbocycles. The molecule has 0 N–H and O–H groups in total. The number of halogens is 3. The molecule has 34 heavy (non-hydrogen) atoms. The second kappa shape index (κ2) is 9.69. The minimum atomic E-state index is -4.40. The Hall–Kier alpha value is -2.40. The zero-order valence-electron chi connectivity index (χ0n) is 21.0. The summed E-state index contributed by atoms with van der Waals surface area (Å²) in [5, 5.41) is 0. The van der Waals surface area contributed by atoms with E-state index in [1.807, 2.05) is 12.1 Å². The third-order valence-electron chi connectivity index (χ3n) is 5.75. The summed E-state index contributed by atoms with van der Waals surface area (Å²) in [4.78, 5) is 3.35. The van der Waals surface area contributed by atoms with Crippen LogP contribution in [0.3, 0.4) is 0 Å². The predicted octanol–water partition coefficient (Wildman–Crippen LogP) is 8.71. The van der Waals surface area contributed by atoms with Crippen LogP contribution in [0, 0.1) is 0 Å². The van der Waals surface area contributed by atoms with E-state index in [4.69, 9.17) is 4.74 Å². The van der Waals surface area contributed by atoms with Crippen LogP contribution < -0.4 is 4.74 Å². The molecular weight excluding hydrogens is 453 g/mol. The van der Waals surface area contributed by atoms with Crippen LogP contribution in [0.1, 0.15) is 59.6 Å². The first-order valence-corrected chi connectivity index (χ1v) is 12.7. The van der Waals surface area contributed by atoms with Gasteiger partial charge in [0.15, 0.2) is 20.8 Å². The van der Waals surface area contributed by atoms with Crippen molar-refractivity contribution in [3.63, 3.8) is 0 Å². The third kappa shape index (κ3) is 6.38. The maximum Gasteiger partial charge on any atom is 0.425 e. The molecule has 0 amide bonds. The summed E-state index contributed by atoms with van der Waals surface area (Å²) in [5.41, 5.74) is 2.62. The van der Waals surface area contributed by atoms with E-state index < -0.39 is 23.2 Å². The molecule has 0 spiro atoms. The normalized spacial score (nSPS) is 13.7. The maximum atomic E-state index is 12.9. The Labute approximate surface area is 204 Å². The van der Waals surface area contributed by atoms with Crippen LogP contribution in [-0.2, 0) is 21.7 Å². The molecule has 1 atom stereocenters. The molecule has 182 valence electrons. The van der Waals surface area contributed by atoms with E-state index >= 15 is 0 Å². The van der Waals surface area contributed by atoms with Crippen molar-refractivity contribution >= 4 is 10.9 Å². The first kappa shape index (κ1) is 26.2. The van der Waals surface area contributed by atoms with Gasteiger partial charge < -0.3 is 4.74 Å². The second-order valence-corrected chi connectivity index (χ2v) is 12.7. The molecule has 0 aliphatic heterocycles. The predicted molar refractivity (Wildman–Crippen MR) is 135 cm³/mol. The quantitative estimate of drug-likeness (QED) is 0.327. The highest BCUT2D eigenvalue weighted by atomic mass is 32.2. The van der Waals surface area contributed by atoms with Crippen molar-refractivity contribution in [1.29, 1.82) is 0 Å². The van der Waals surface area contributed by atoms with Crippen LogP contribution in [0.5, 0.6) is 5.75 Å². The average Bonchev–Trinajstić information content (AvgIpc) is 2.74. The molecule has 0 saturated heterocycles. The molecule has 3 rings (SSSR count).